The molecule has 1 N–H and O–H groups in total. The van der Waals surface area contributed by atoms with E-state index < -0.39 is 5.97 Å². The Bertz CT molecular complexity index is 92.7. The molecule has 0 spiro atoms. The molecule has 1 saturated carbocycles. The molecule has 8 heavy (non-hydrogen) atoms. The van der Waals surface area contributed by atoms with E-state index in [2.05, 4.69) is 0 Å². The van der Waals surface area contributed by atoms with Gasteiger partial charge >= 0.3 is 5.97 Å². The fraction of sp³-hybridized carbons (Fsp3) is 0.667. The van der Waals surface area contributed by atoms with E-state index in [1.165, 1.54) is 0 Å². The molecule has 0 bridgehead atoms. The van der Waals surface area contributed by atoms with Gasteiger partial charge in [-0.3, -0.25) is 4.79 Å². The highest BCUT2D eigenvalue weighted by atomic mass is 16.4. The molecule has 0 saturated heterocycles. The van der Waals surface area contributed by atoms with Crippen LogP contribution in [0.25, 0.3) is 0 Å². The Kier molecular flexibility index (Phi) is 1.51. The van der Waals surface area contributed by atoms with Crippen LogP contribution in [0.15, 0.2) is 0 Å². The van der Waals surface area contributed by atoms with Crippen molar-refractivity contribution in [2.24, 2.45) is 5.92 Å². The minimum Gasteiger partial charge on any atom is -0.481 e. The number of carbonyl (C=O) groups is 1. The van der Waals surface area contributed by atoms with E-state index in [-0.39, 0.29) is 5.92 Å². The Morgan fingerprint density at radius 3 is 2.75 bits per heavy atom. The van der Waals surface area contributed by atoms with Gasteiger partial charge in [-0.05, 0) is 19.3 Å². The molecule has 0 aromatic rings. The van der Waals surface area contributed by atoms with Gasteiger partial charge in [0.05, 0.1) is 5.92 Å². The molecule has 1 rings (SSSR count). The van der Waals surface area contributed by atoms with Gasteiger partial charge in [-0.1, -0.05) is 6.42 Å². The van der Waals surface area contributed by atoms with Crippen LogP contribution in [0, 0.1) is 12.3 Å². The second kappa shape index (κ2) is 2.16. The third kappa shape index (κ3) is 0.997. The van der Waals surface area contributed by atoms with Crippen LogP contribution in [-0.4, -0.2) is 11.1 Å². The molecule has 0 heterocycles. The first-order valence-electron chi connectivity index (χ1n) is 2.87. The van der Waals surface area contributed by atoms with E-state index in [9.17, 15) is 4.79 Å². The Labute approximate surface area is 48.5 Å². The number of carboxylic acid groups (broad SMARTS) is 1. The third-order valence-corrected chi connectivity index (χ3v) is 1.49. The van der Waals surface area contributed by atoms with Crippen LogP contribution >= 0.6 is 0 Å². The summed E-state index contributed by atoms with van der Waals surface area (Å²) in [6.45, 7) is 0. The SMILES string of the molecule is O=C(O)[C@@H]1[CH]CCC1. The zero-order valence-electron chi connectivity index (χ0n) is 4.63. The summed E-state index contributed by atoms with van der Waals surface area (Å²) in [6, 6.07) is 0. The van der Waals surface area contributed by atoms with Gasteiger partial charge in [0.2, 0.25) is 0 Å². The topological polar surface area (TPSA) is 37.3 Å². The second-order valence-corrected chi connectivity index (χ2v) is 2.11. The molecular formula is C6H9O2. The number of rotatable bonds is 1. The maximum Gasteiger partial charge on any atom is 0.306 e. The van der Waals surface area contributed by atoms with Crippen LogP contribution in [0.2, 0.25) is 0 Å². The minimum atomic E-state index is -0.664. The van der Waals surface area contributed by atoms with Crippen molar-refractivity contribution in [3.05, 3.63) is 6.42 Å². The second-order valence-electron chi connectivity index (χ2n) is 2.11. The lowest BCUT2D eigenvalue weighted by Gasteiger charge is -1.96. The Hall–Kier alpha value is -0.530. The average Bonchev–Trinajstić information content (AvgIpc) is 2.12. The van der Waals surface area contributed by atoms with E-state index in [1.54, 1.807) is 0 Å². The van der Waals surface area contributed by atoms with Crippen LogP contribution in [0.4, 0.5) is 0 Å². The summed E-state index contributed by atoms with van der Waals surface area (Å²) >= 11 is 0. The Balaban J connectivity index is 2.35. The van der Waals surface area contributed by atoms with Crippen LogP contribution in [0.1, 0.15) is 19.3 Å². The largest absolute Gasteiger partial charge is 0.481 e. The van der Waals surface area contributed by atoms with E-state index in [4.69, 9.17) is 5.11 Å². The first kappa shape index (κ1) is 5.60. The van der Waals surface area contributed by atoms with Crippen LogP contribution < -0.4 is 0 Å². The van der Waals surface area contributed by atoms with Crippen molar-refractivity contribution >= 4 is 5.97 Å². The average molecular weight is 113 g/mol. The third-order valence-electron chi connectivity index (χ3n) is 1.49. The Morgan fingerprint density at radius 1 is 1.75 bits per heavy atom. The molecule has 1 aliphatic carbocycles. The zero-order chi connectivity index (χ0) is 5.98. The zero-order valence-corrected chi connectivity index (χ0v) is 4.63. The summed E-state index contributed by atoms with van der Waals surface area (Å²) in [5, 5.41) is 8.38. The summed E-state index contributed by atoms with van der Waals surface area (Å²) < 4.78 is 0. The van der Waals surface area contributed by atoms with Gasteiger partial charge < -0.3 is 5.11 Å². The lowest BCUT2D eigenvalue weighted by atomic mass is 10.1. The van der Waals surface area contributed by atoms with Gasteiger partial charge in [0.15, 0.2) is 0 Å². The lowest BCUT2D eigenvalue weighted by molar-refractivity contribution is -0.140. The quantitative estimate of drug-likeness (QED) is 0.552. The molecule has 1 aliphatic rings. The van der Waals surface area contributed by atoms with E-state index >= 15 is 0 Å². The highest BCUT2D eigenvalue weighted by Crippen LogP contribution is 2.23. The van der Waals surface area contributed by atoms with E-state index in [0.717, 1.165) is 19.3 Å². The molecule has 2 heteroatoms. The predicted molar refractivity (Wildman–Crippen MR) is 29.3 cm³/mol. The molecule has 2 nitrogen and oxygen atoms in total. The maximum absolute atomic E-state index is 10.2. The highest BCUT2D eigenvalue weighted by molar-refractivity contribution is 5.71. The van der Waals surface area contributed by atoms with Gasteiger partial charge in [0, 0.05) is 0 Å². The van der Waals surface area contributed by atoms with Crippen LogP contribution in [0.3, 0.4) is 0 Å². The molecule has 45 valence electrons. The smallest absolute Gasteiger partial charge is 0.306 e. The number of hydrogen-bond donors (Lipinski definition) is 1. The number of aliphatic carboxylic acids is 1. The highest BCUT2D eigenvalue weighted by Gasteiger charge is 2.21. The molecule has 0 amide bonds. The monoisotopic (exact) mass is 113 g/mol. The first-order valence-corrected chi connectivity index (χ1v) is 2.87. The van der Waals surface area contributed by atoms with Crippen molar-refractivity contribution in [2.75, 3.05) is 0 Å². The molecule has 0 aromatic heterocycles. The molecule has 0 aliphatic heterocycles. The van der Waals surface area contributed by atoms with Crippen LogP contribution in [0.5, 0.6) is 0 Å². The molecule has 1 fully saturated rings. The lowest BCUT2D eigenvalue weighted by Crippen LogP contribution is -2.08. The fourth-order valence-electron chi connectivity index (χ4n) is 0.999. The number of carboxylic acids is 1. The van der Waals surface area contributed by atoms with Crippen molar-refractivity contribution in [2.45, 2.75) is 19.3 Å². The van der Waals surface area contributed by atoms with Crippen molar-refractivity contribution in [3.8, 4) is 0 Å². The van der Waals surface area contributed by atoms with Crippen molar-refractivity contribution in [1.82, 2.24) is 0 Å². The molecule has 0 unspecified atom stereocenters. The van der Waals surface area contributed by atoms with E-state index in [1.807, 2.05) is 6.42 Å². The van der Waals surface area contributed by atoms with Gasteiger partial charge in [0.1, 0.15) is 0 Å². The standard InChI is InChI=1S/C6H9O2/c7-6(8)5-3-1-2-4-5/h3,5H,1-2,4H2,(H,7,8)/t5-/m1/s1. The maximum atomic E-state index is 10.2. The summed E-state index contributed by atoms with van der Waals surface area (Å²) in [7, 11) is 0. The van der Waals surface area contributed by atoms with Gasteiger partial charge in [-0.2, -0.15) is 0 Å². The first-order chi connectivity index (χ1) is 3.80. The van der Waals surface area contributed by atoms with Crippen molar-refractivity contribution in [1.29, 1.82) is 0 Å². The summed E-state index contributed by atoms with van der Waals surface area (Å²) in [5.74, 6) is -0.808. The summed E-state index contributed by atoms with van der Waals surface area (Å²) in [5.41, 5.74) is 0. The molecule has 0 aromatic carbocycles. The summed E-state index contributed by atoms with van der Waals surface area (Å²) in [4.78, 5) is 10.2. The minimum absolute atomic E-state index is 0.144. The molecular weight excluding hydrogens is 104 g/mol. The van der Waals surface area contributed by atoms with Gasteiger partial charge in [0.25, 0.3) is 0 Å². The normalized spacial score (nSPS) is 21.5. The van der Waals surface area contributed by atoms with Crippen molar-refractivity contribution in [3.63, 3.8) is 0 Å². The Morgan fingerprint density at radius 2 is 2.50 bits per heavy atom. The van der Waals surface area contributed by atoms with Crippen LogP contribution in [-0.2, 0) is 4.79 Å². The van der Waals surface area contributed by atoms with E-state index in [0.29, 0.717) is 0 Å². The number of hydrogen-bond acceptors (Lipinski definition) is 1. The fourth-order valence-corrected chi connectivity index (χ4v) is 0.999. The van der Waals surface area contributed by atoms with Gasteiger partial charge in [-0.15, -0.1) is 0 Å². The van der Waals surface area contributed by atoms with Crippen molar-refractivity contribution < 1.29 is 9.90 Å². The molecule has 1 atom stereocenters. The molecule has 1 radical (unpaired) electrons. The predicted octanol–water partition coefficient (Wildman–Crippen LogP) is 1.08. The van der Waals surface area contributed by atoms with Gasteiger partial charge in [-0.25, -0.2) is 0 Å². The summed E-state index contributed by atoms with van der Waals surface area (Å²) in [6.07, 6.45) is 4.76.